The first-order valence-electron chi connectivity index (χ1n) is 14.6. The van der Waals surface area contributed by atoms with Crippen LogP contribution in [0, 0.1) is 5.92 Å². The third-order valence-electron chi connectivity index (χ3n) is 7.77. The first-order chi connectivity index (χ1) is 21.0. The molecule has 1 spiro atoms. The van der Waals surface area contributed by atoms with Gasteiger partial charge >= 0.3 is 0 Å². The molecule has 2 heterocycles. The number of fused-ring (bicyclic) bond motifs is 6. The molecule has 0 bridgehead atoms. The molecular formula is C33H38N4O7. The van der Waals surface area contributed by atoms with Crippen molar-refractivity contribution in [3.63, 3.8) is 0 Å². The highest BCUT2D eigenvalue weighted by Gasteiger charge is 2.49. The van der Waals surface area contributed by atoms with Crippen LogP contribution in [0.1, 0.15) is 49.4 Å². The van der Waals surface area contributed by atoms with E-state index in [1.807, 2.05) is 56.3 Å². The standard InChI is InChI=1S/C33H38N4O7/c1-18(2)13-26(36-29(39)17-42-4)31(40)37-30(19(3)38)32(41)35-22-10-12-25-28(15-22)44-27-14-21(34)9-11-24(27)33(25)23-8-6-5-7-20(23)16-43-33/h5-12,14-15,18-19,26,30,38H,13,16-17,34H2,1-4H3,(H,35,41)(H,36,39)(H,37,40)/t19-,26+,30+,33?/m1/s1. The zero-order chi connectivity index (χ0) is 31.6. The molecule has 0 aromatic heterocycles. The lowest BCUT2D eigenvalue weighted by molar-refractivity contribution is -0.133. The number of nitrogens with one attached hydrogen (secondary N) is 3. The molecule has 0 saturated carbocycles. The van der Waals surface area contributed by atoms with Crippen LogP contribution in [0.4, 0.5) is 11.4 Å². The van der Waals surface area contributed by atoms with E-state index in [1.54, 1.807) is 18.2 Å². The maximum atomic E-state index is 13.4. The van der Waals surface area contributed by atoms with Crippen LogP contribution in [0.3, 0.4) is 0 Å². The lowest BCUT2D eigenvalue weighted by atomic mass is 9.77. The first kappa shape index (κ1) is 31.0. The maximum Gasteiger partial charge on any atom is 0.249 e. The molecule has 11 nitrogen and oxygen atoms in total. The van der Waals surface area contributed by atoms with Gasteiger partial charge in [-0.3, -0.25) is 14.4 Å². The fourth-order valence-electron chi connectivity index (χ4n) is 5.80. The summed E-state index contributed by atoms with van der Waals surface area (Å²) in [7, 11) is 1.38. The first-order valence-corrected chi connectivity index (χ1v) is 14.6. The van der Waals surface area contributed by atoms with Crippen LogP contribution in [0.25, 0.3) is 0 Å². The van der Waals surface area contributed by atoms with Gasteiger partial charge in [-0.05, 0) is 54.7 Å². The summed E-state index contributed by atoms with van der Waals surface area (Å²) in [5, 5.41) is 18.5. The summed E-state index contributed by atoms with van der Waals surface area (Å²) in [5.41, 5.74) is 9.74. The molecule has 0 saturated heterocycles. The minimum Gasteiger partial charge on any atom is -0.456 e. The lowest BCUT2D eigenvalue weighted by Crippen LogP contribution is -2.56. The molecule has 44 heavy (non-hydrogen) atoms. The topological polar surface area (TPSA) is 161 Å². The molecule has 2 aliphatic heterocycles. The second-order valence-electron chi connectivity index (χ2n) is 11.6. The van der Waals surface area contributed by atoms with Crippen molar-refractivity contribution in [2.75, 3.05) is 24.8 Å². The molecule has 3 aromatic carbocycles. The van der Waals surface area contributed by atoms with Crippen molar-refractivity contribution in [1.29, 1.82) is 0 Å². The third kappa shape index (κ3) is 5.99. The number of benzene rings is 3. The number of hydrogen-bond donors (Lipinski definition) is 5. The van der Waals surface area contributed by atoms with Crippen molar-refractivity contribution in [2.24, 2.45) is 5.92 Å². The van der Waals surface area contributed by atoms with Crippen LogP contribution in [0.15, 0.2) is 60.7 Å². The summed E-state index contributed by atoms with van der Waals surface area (Å²) in [6.45, 7) is 5.42. The van der Waals surface area contributed by atoms with Crippen molar-refractivity contribution in [2.45, 2.75) is 57.6 Å². The van der Waals surface area contributed by atoms with E-state index in [9.17, 15) is 19.5 Å². The van der Waals surface area contributed by atoms with Gasteiger partial charge in [0.05, 0.1) is 12.7 Å². The zero-order valence-electron chi connectivity index (χ0n) is 25.2. The molecule has 2 aliphatic rings. The largest absolute Gasteiger partial charge is 0.456 e. The number of nitrogen functional groups attached to an aromatic ring is 1. The summed E-state index contributed by atoms with van der Waals surface area (Å²) in [6, 6.07) is 16.5. The van der Waals surface area contributed by atoms with Gasteiger partial charge in [0.2, 0.25) is 17.7 Å². The van der Waals surface area contributed by atoms with E-state index in [-0.39, 0.29) is 12.5 Å². The van der Waals surface area contributed by atoms with Gasteiger partial charge in [-0.25, -0.2) is 0 Å². The Hall–Kier alpha value is -4.45. The highest BCUT2D eigenvalue weighted by Crippen LogP contribution is 2.56. The third-order valence-corrected chi connectivity index (χ3v) is 7.77. The van der Waals surface area contributed by atoms with E-state index in [4.69, 9.17) is 19.9 Å². The molecule has 3 amide bonds. The van der Waals surface area contributed by atoms with Crippen molar-refractivity contribution < 1.29 is 33.7 Å². The Bertz CT molecular complexity index is 1570. The Balaban J connectivity index is 1.41. The fourth-order valence-corrected chi connectivity index (χ4v) is 5.80. The number of hydrogen-bond acceptors (Lipinski definition) is 8. The van der Waals surface area contributed by atoms with Crippen molar-refractivity contribution in [1.82, 2.24) is 10.6 Å². The number of anilines is 2. The zero-order valence-corrected chi connectivity index (χ0v) is 25.2. The van der Waals surface area contributed by atoms with Crippen molar-refractivity contribution >= 4 is 29.1 Å². The fraction of sp³-hybridized carbons (Fsp3) is 0.364. The summed E-state index contributed by atoms with van der Waals surface area (Å²) in [6.07, 6.45) is -0.903. The second-order valence-corrected chi connectivity index (χ2v) is 11.6. The molecular weight excluding hydrogens is 564 g/mol. The van der Waals surface area contributed by atoms with Crippen LogP contribution in [-0.4, -0.2) is 54.7 Å². The molecule has 1 unspecified atom stereocenters. The van der Waals surface area contributed by atoms with E-state index in [0.29, 0.717) is 35.9 Å². The van der Waals surface area contributed by atoms with Crippen LogP contribution in [0.5, 0.6) is 11.5 Å². The van der Waals surface area contributed by atoms with Gasteiger partial charge in [-0.1, -0.05) is 38.1 Å². The summed E-state index contributed by atoms with van der Waals surface area (Å²) < 4.78 is 17.7. The Kier molecular flexibility index (Phi) is 8.91. The molecule has 11 heteroatoms. The van der Waals surface area contributed by atoms with Crippen LogP contribution >= 0.6 is 0 Å². The minimum atomic E-state index is -1.30. The quantitative estimate of drug-likeness (QED) is 0.221. The minimum absolute atomic E-state index is 0.0718. The summed E-state index contributed by atoms with van der Waals surface area (Å²) >= 11 is 0. The molecule has 3 aromatic rings. The van der Waals surface area contributed by atoms with E-state index < -0.39 is 41.5 Å². The predicted molar refractivity (Wildman–Crippen MR) is 164 cm³/mol. The number of amides is 3. The van der Waals surface area contributed by atoms with E-state index in [0.717, 1.165) is 22.3 Å². The van der Waals surface area contributed by atoms with Crippen molar-refractivity contribution in [3.05, 3.63) is 82.9 Å². The average molecular weight is 603 g/mol. The monoisotopic (exact) mass is 602 g/mol. The molecule has 4 atom stereocenters. The molecule has 0 radical (unpaired) electrons. The van der Waals surface area contributed by atoms with Gasteiger partial charge in [0.15, 0.2) is 5.60 Å². The Morgan fingerprint density at radius 2 is 1.66 bits per heavy atom. The molecule has 5 rings (SSSR count). The van der Waals surface area contributed by atoms with Gasteiger partial charge in [0, 0.05) is 41.7 Å². The Morgan fingerprint density at radius 3 is 2.36 bits per heavy atom. The number of aliphatic hydroxyl groups excluding tert-OH is 1. The number of ether oxygens (including phenoxy) is 3. The highest BCUT2D eigenvalue weighted by atomic mass is 16.5. The van der Waals surface area contributed by atoms with Crippen LogP contribution in [0.2, 0.25) is 0 Å². The number of methoxy groups -OCH3 is 1. The maximum absolute atomic E-state index is 13.4. The summed E-state index contributed by atoms with van der Waals surface area (Å²) in [5.74, 6) is -0.618. The predicted octanol–water partition coefficient (Wildman–Crippen LogP) is 3.18. The van der Waals surface area contributed by atoms with E-state index in [1.165, 1.54) is 14.0 Å². The SMILES string of the molecule is COCC(=O)N[C@@H](CC(C)C)C(=O)N[C@H](C(=O)Nc1ccc2c(c1)Oc1cc(N)ccc1C21OCc2ccccc21)[C@@H](C)O. The van der Waals surface area contributed by atoms with Gasteiger partial charge in [0.25, 0.3) is 0 Å². The second kappa shape index (κ2) is 12.7. The highest BCUT2D eigenvalue weighted by molar-refractivity contribution is 5.99. The molecule has 232 valence electrons. The van der Waals surface area contributed by atoms with Gasteiger partial charge in [-0.2, -0.15) is 0 Å². The number of nitrogens with two attached hydrogens (primary N) is 1. The number of aliphatic hydroxyl groups is 1. The van der Waals surface area contributed by atoms with E-state index in [2.05, 4.69) is 16.0 Å². The van der Waals surface area contributed by atoms with E-state index >= 15 is 0 Å². The smallest absolute Gasteiger partial charge is 0.249 e. The average Bonchev–Trinajstić information content (AvgIpc) is 3.34. The number of carbonyl (C=O) groups is 3. The number of rotatable bonds is 10. The van der Waals surface area contributed by atoms with Crippen LogP contribution < -0.4 is 26.4 Å². The van der Waals surface area contributed by atoms with Gasteiger partial charge in [0.1, 0.15) is 30.2 Å². The molecule has 6 N–H and O–H groups in total. The van der Waals surface area contributed by atoms with Gasteiger partial charge < -0.3 is 41.0 Å². The lowest BCUT2D eigenvalue weighted by Gasteiger charge is -2.37. The van der Waals surface area contributed by atoms with Crippen molar-refractivity contribution in [3.8, 4) is 11.5 Å². The molecule has 0 aliphatic carbocycles. The van der Waals surface area contributed by atoms with Crippen LogP contribution in [-0.2, 0) is 36.1 Å². The molecule has 0 fully saturated rings. The number of carbonyl (C=O) groups excluding carboxylic acids is 3. The summed E-state index contributed by atoms with van der Waals surface area (Å²) in [4.78, 5) is 38.7. The normalized spacial score (nSPS) is 18.3. The Labute approximate surface area is 256 Å². The Morgan fingerprint density at radius 1 is 0.955 bits per heavy atom. The van der Waals surface area contributed by atoms with Gasteiger partial charge in [-0.15, -0.1) is 0 Å².